The molecule has 0 unspecified atom stereocenters. The number of nitrogens with zero attached hydrogens (tertiary/aromatic N) is 4. The number of para-hydroxylation sites is 1. The fourth-order valence-electron chi connectivity index (χ4n) is 10.0. The van der Waals surface area contributed by atoms with Crippen LogP contribution in [0.3, 0.4) is 0 Å². The summed E-state index contributed by atoms with van der Waals surface area (Å²) in [5.74, 6) is 2.14. The maximum atomic E-state index is 7.20. The van der Waals surface area contributed by atoms with Gasteiger partial charge in [-0.2, -0.15) is 12.1 Å². The second kappa shape index (κ2) is 17.8. The SMILES string of the molecule is Cc1cc(C)c(N2[CH-]N(c3[c-]c(Oc4[c-]c5c(cc4)c4ccccc4n5-c4cc(C(C)(C)C)ccn4)c(C(C)(C)C)cc3C(C)(C)C)c3cc(-c4ccccc4)c(-c4ccccc4)cc32)c(C)c1.[Pt]. The number of benzene rings is 7. The number of anilines is 4. The first kappa shape index (κ1) is 47.6. The fraction of sp³-hybridized carbons (Fsp3) is 0.238. The van der Waals surface area contributed by atoms with Crippen LogP contribution in [0.15, 0.2) is 146 Å². The zero-order valence-electron chi connectivity index (χ0n) is 41.9. The van der Waals surface area contributed by atoms with E-state index in [4.69, 9.17) is 9.72 Å². The van der Waals surface area contributed by atoms with Crippen LogP contribution in [0.2, 0.25) is 0 Å². The van der Waals surface area contributed by atoms with Gasteiger partial charge in [0.2, 0.25) is 0 Å². The van der Waals surface area contributed by atoms with Crippen LogP contribution >= 0.6 is 0 Å². The number of hydrogen-bond donors (Lipinski definition) is 0. The van der Waals surface area contributed by atoms with Gasteiger partial charge >= 0.3 is 0 Å². The number of pyridine rings is 1. The van der Waals surface area contributed by atoms with E-state index in [2.05, 4.69) is 256 Å². The van der Waals surface area contributed by atoms with Crippen LogP contribution in [0.4, 0.5) is 22.7 Å². The van der Waals surface area contributed by atoms with Crippen LogP contribution in [0.1, 0.15) is 95.7 Å². The maximum absolute atomic E-state index is 7.20. The monoisotopic (exact) mass is 1080 g/mol. The van der Waals surface area contributed by atoms with Gasteiger partial charge in [0.25, 0.3) is 0 Å². The van der Waals surface area contributed by atoms with E-state index in [1.54, 1.807) is 0 Å². The number of fused-ring (bicyclic) bond motifs is 4. The van der Waals surface area contributed by atoms with Crippen LogP contribution in [0.5, 0.6) is 11.5 Å². The fourth-order valence-corrected chi connectivity index (χ4v) is 10.0. The van der Waals surface area contributed by atoms with Crippen molar-refractivity contribution in [1.82, 2.24) is 9.55 Å². The van der Waals surface area contributed by atoms with Crippen LogP contribution in [0.25, 0.3) is 49.9 Å². The maximum Gasteiger partial charge on any atom is 0.135 e. The van der Waals surface area contributed by atoms with Gasteiger partial charge in [0.05, 0.1) is 0 Å². The van der Waals surface area contributed by atoms with Crippen molar-refractivity contribution in [2.75, 3.05) is 9.80 Å². The molecule has 0 N–H and O–H groups in total. The van der Waals surface area contributed by atoms with Crippen molar-refractivity contribution < 1.29 is 25.8 Å². The second-order valence-electron chi connectivity index (χ2n) is 21.7. The molecule has 0 spiro atoms. The van der Waals surface area contributed by atoms with Gasteiger partial charge in [0.1, 0.15) is 5.82 Å². The first-order valence-electron chi connectivity index (χ1n) is 23.9. The topological polar surface area (TPSA) is 33.5 Å². The Morgan fingerprint density at radius 3 is 1.72 bits per heavy atom. The molecule has 3 heterocycles. The predicted molar refractivity (Wildman–Crippen MR) is 285 cm³/mol. The van der Waals surface area contributed by atoms with Crippen molar-refractivity contribution in [3.05, 3.63) is 198 Å². The van der Waals surface area contributed by atoms with Crippen molar-refractivity contribution in [3.63, 3.8) is 0 Å². The quantitative estimate of drug-likeness (QED) is 0.149. The largest absolute Gasteiger partial charge is 0.509 e. The Balaban J connectivity index is 0.00000593. The summed E-state index contributed by atoms with van der Waals surface area (Å²) in [6, 6.07) is 58.1. The van der Waals surface area contributed by atoms with Crippen LogP contribution < -0.4 is 14.5 Å². The Labute approximate surface area is 424 Å². The standard InChI is InChI=1S/C63H61N4O.Pt/c1-40-31-41(2)60(42(3)32-40)66-39-65(56-35-49(43-21-15-13-16-22-43)50(36-57(56)66)44-23-17-14-18-24-44)55-38-58(52(63(10,11)12)37-51(55)62(7,8)9)68-46-27-28-48-47-25-19-20-26-53(47)67(54(48)34-46)59-33-45(29-30-64-59)61(4,5)6;/h13-33,35-37,39H,1-12H3;/q-3;. The van der Waals surface area contributed by atoms with E-state index in [0.717, 1.165) is 61.4 Å². The van der Waals surface area contributed by atoms with Crippen molar-refractivity contribution in [1.29, 1.82) is 0 Å². The Kier molecular flexibility index (Phi) is 12.3. The molecule has 0 atom stereocenters. The second-order valence-corrected chi connectivity index (χ2v) is 21.7. The third-order valence-electron chi connectivity index (χ3n) is 13.4. The molecule has 0 fully saturated rings. The van der Waals surface area contributed by atoms with E-state index in [0.29, 0.717) is 11.5 Å². The van der Waals surface area contributed by atoms with Gasteiger partial charge < -0.3 is 19.1 Å². The summed E-state index contributed by atoms with van der Waals surface area (Å²) in [5.41, 5.74) is 17.5. The molecule has 0 saturated carbocycles. The predicted octanol–water partition coefficient (Wildman–Crippen LogP) is 17.1. The third kappa shape index (κ3) is 8.80. The van der Waals surface area contributed by atoms with Gasteiger partial charge in [-0.15, -0.1) is 41.4 Å². The van der Waals surface area contributed by atoms with Crippen molar-refractivity contribution in [2.24, 2.45) is 0 Å². The van der Waals surface area contributed by atoms with Gasteiger partial charge in [-0.3, -0.25) is 0 Å². The zero-order chi connectivity index (χ0) is 47.9. The number of rotatable bonds is 7. The molecule has 2 aromatic heterocycles. The van der Waals surface area contributed by atoms with Crippen molar-refractivity contribution in [2.45, 2.75) is 99.3 Å². The van der Waals surface area contributed by atoms with Crippen molar-refractivity contribution >= 4 is 44.6 Å². The molecule has 0 amide bonds. The molecular formula is C63H61N4OPt-3. The third-order valence-corrected chi connectivity index (χ3v) is 13.4. The molecule has 0 radical (unpaired) electrons. The summed E-state index contributed by atoms with van der Waals surface area (Å²) in [4.78, 5) is 9.68. The molecule has 0 saturated heterocycles. The minimum atomic E-state index is -0.277. The molecule has 1 aliphatic rings. The zero-order valence-corrected chi connectivity index (χ0v) is 44.2. The summed E-state index contributed by atoms with van der Waals surface area (Å²) in [6.45, 7) is 29.3. The Morgan fingerprint density at radius 1 is 0.551 bits per heavy atom. The van der Waals surface area contributed by atoms with Crippen LogP contribution in [-0.2, 0) is 37.3 Å². The molecule has 352 valence electrons. The first-order valence-corrected chi connectivity index (χ1v) is 23.9. The molecule has 9 aromatic rings. The Morgan fingerprint density at radius 2 is 1.13 bits per heavy atom. The molecule has 7 aromatic carbocycles. The van der Waals surface area contributed by atoms with Gasteiger partial charge in [0, 0.05) is 61.3 Å². The number of hydrogen-bond acceptors (Lipinski definition) is 4. The van der Waals surface area contributed by atoms with Gasteiger partial charge in [0.15, 0.2) is 0 Å². The average Bonchev–Trinajstić information content (AvgIpc) is 3.82. The van der Waals surface area contributed by atoms with E-state index < -0.39 is 0 Å². The number of aryl methyl sites for hydroxylation is 3. The molecule has 10 rings (SSSR count). The molecule has 6 heteroatoms. The molecular weight excluding hydrogens is 1020 g/mol. The van der Waals surface area contributed by atoms with Gasteiger partial charge in [-0.25, -0.2) is 4.98 Å². The molecule has 5 nitrogen and oxygen atoms in total. The van der Waals surface area contributed by atoms with E-state index in [1.807, 2.05) is 6.20 Å². The minimum Gasteiger partial charge on any atom is -0.509 e. The van der Waals surface area contributed by atoms with E-state index >= 15 is 0 Å². The van der Waals surface area contributed by atoms with Gasteiger partial charge in [-0.1, -0.05) is 181 Å². The normalized spacial score (nSPS) is 13.0. The number of aromatic nitrogens is 2. The van der Waals surface area contributed by atoms with Crippen molar-refractivity contribution in [3.8, 4) is 39.6 Å². The Hall–Kier alpha value is -6.42. The number of ether oxygens (including phenoxy) is 1. The summed E-state index contributed by atoms with van der Waals surface area (Å²) < 4.78 is 9.42. The summed E-state index contributed by atoms with van der Waals surface area (Å²) >= 11 is 0. The summed E-state index contributed by atoms with van der Waals surface area (Å²) in [6.07, 6.45) is 1.92. The average molecular weight is 1090 g/mol. The van der Waals surface area contributed by atoms with Crippen LogP contribution in [0, 0.1) is 39.6 Å². The Bertz CT molecular complexity index is 3360. The molecule has 0 aliphatic carbocycles. The smallest absolute Gasteiger partial charge is 0.135 e. The van der Waals surface area contributed by atoms with E-state index in [-0.39, 0.29) is 37.3 Å². The van der Waals surface area contributed by atoms with Crippen LogP contribution in [-0.4, -0.2) is 9.55 Å². The van der Waals surface area contributed by atoms with E-state index in [9.17, 15) is 0 Å². The summed E-state index contributed by atoms with van der Waals surface area (Å²) in [7, 11) is 0. The first-order chi connectivity index (χ1) is 32.3. The molecule has 69 heavy (non-hydrogen) atoms. The minimum absolute atomic E-state index is 0. The van der Waals surface area contributed by atoms with Gasteiger partial charge in [-0.05, 0) is 101 Å². The summed E-state index contributed by atoms with van der Waals surface area (Å²) in [5, 5.41) is 2.23. The molecule has 1 aliphatic heterocycles. The molecule has 0 bridgehead atoms. The van der Waals surface area contributed by atoms with E-state index in [1.165, 1.54) is 44.6 Å².